The summed E-state index contributed by atoms with van der Waals surface area (Å²) in [4.78, 5) is 99.8. The number of ether oxygens (including phenoxy) is 6. The minimum atomic E-state index is -3.46. The number of aliphatic hydroxyl groups excluding tert-OH is 1. The molecule has 4 fully saturated rings. The van der Waals surface area contributed by atoms with Gasteiger partial charge in [-0.25, -0.2) is 14.4 Å². The zero-order chi connectivity index (χ0) is 54.8. The van der Waals surface area contributed by atoms with Gasteiger partial charge in [0.2, 0.25) is 0 Å². The number of hydrogen-bond acceptors (Lipinski definition) is 17. The van der Waals surface area contributed by atoms with Gasteiger partial charge in [-0.2, -0.15) is 0 Å². The van der Waals surface area contributed by atoms with Crippen LogP contribution < -0.4 is 5.32 Å². The van der Waals surface area contributed by atoms with E-state index in [0.29, 0.717) is 36.9 Å². The van der Waals surface area contributed by atoms with E-state index >= 15 is 4.79 Å². The van der Waals surface area contributed by atoms with Crippen LogP contribution in [0.3, 0.4) is 0 Å². The van der Waals surface area contributed by atoms with Crippen LogP contribution in [0.4, 0.5) is 0 Å². The number of benzene rings is 3. The second-order valence-corrected chi connectivity index (χ2v) is 24.8. The molecule has 8 rings (SSSR count). The predicted molar refractivity (Wildman–Crippen MR) is 273 cm³/mol. The SMILES string of the molecule is CCCCOC(=O)CO[Si]1(O[C@H]2C[C@H]3OC[C@@]3(OC(C)=O)C3[C@H](OC(=O)c4ccccc4)[C@]4(O)C[C@H](OC(=O)[C@H](O)[C@@H](NC(=O)c5ccccc5)c5ccccc5)C(C)=C([C@@H](OC(C)=O)C(=O)[C@@]32C)C4(C)C)CCCC1. The Balaban J connectivity index is 1.29. The lowest BCUT2D eigenvalue weighted by molar-refractivity contribution is -0.345. The lowest BCUT2D eigenvalue weighted by Gasteiger charge is -2.68. The summed E-state index contributed by atoms with van der Waals surface area (Å²) in [6.45, 7) is 10.1. The average molecular weight is 1070 g/mol. The zero-order valence-corrected chi connectivity index (χ0v) is 45.1. The Morgan fingerprint density at radius 3 is 2.04 bits per heavy atom. The molecule has 3 aromatic rings. The molecule has 2 bridgehead atoms. The van der Waals surface area contributed by atoms with Crippen molar-refractivity contribution in [3.05, 3.63) is 119 Å². The molecule has 3 N–H and O–H groups in total. The minimum Gasteiger partial charge on any atom is -0.464 e. The molecular weight excluding hydrogens is 999 g/mol. The van der Waals surface area contributed by atoms with E-state index in [9.17, 15) is 39.0 Å². The third-order valence-electron chi connectivity index (χ3n) is 16.4. The molecule has 0 aromatic heterocycles. The van der Waals surface area contributed by atoms with Crippen LogP contribution in [0.15, 0.2) is 102 Å². The van der Waals surface area contributed by atoms with Crippen molar-refractivity contribution >= 4 is 50.1 Å². The van der Waals surface area contributed by atoms with E-state index in [1.165, 1.54) is 19.1 Å². The Hall–Kier alpha value is -6.09. The van der Waals surface area contributed by atoms with E-state index in [4.69, 9.17) is 37.3 Å². The number of esters is 5. The number of nitrogens with one attached hydrogen (secondary N) is 1. The molecule has 76 heavy (non-hydrogen) atoms. The molecule has 3 aliphatic carbocycles. The molecule has 408 valence electrons. The van der Waals surface area contributed by atoms with Crippen molar-refractivity contribution in [2.45, 2.75) is 153 Å². The van der Waals surface area contributed by atoms with Gasteiger partial charge in [-0.15, -0.1) is 0 Å². The molecular formula is C57H69NO17Si. The molecule has 1 unspecified atom stereocenters. The van der Waals surface area contributed by atoms with Gasteiger partial charge in [0.05, 0.1) is 42.3 Å². The van der Waals surface area contributed by atoms with Gasteiger partial charge in [0.25, 0.3) is 5.91 Å². The zero-order valence-electron chi connectivity index (χ0n) is 44.1. The first-order valence-electron chi connectivity index (χ1n) is 26.1. The van der Waals surface area contributed by atoms with Gasteiger partial charge in [0.15, 0.2) is 23.6 Å². The number of carbonyl (C=O) groups excluding carboxylic acids is 7. The Labute approximate surface area is 443 Å². The van der Waals surface area contributed by atoms with Crippen LogP contribution in [0.25, 0.3) is 0 Å². The number of aliphatic hydroxyl groups is 2. The van der Waals surface area contributed by atoms with Crippen LogP contribution in [-0.2, 0) is 61.2 Å². The fraction of sp³-hybridized carbons (Fsp3) is 0.526. The highest BCUT2D eigenvalue weighted by Crippen LogP contribution is 2.65. The van der Waals surface area contributed by atoms with Crippen molar-refractivity contribution in [2.75, 3.05) is 19.8 Å². The summed E-state index contributed by atoms with van der Waals surface area (Å²) >= 11 is 0. The molecule has 18 nitrogen and oxygen atoms in total. The quantitative estimate of drug-likeness (QED) is 0.0413. The van der Waals surface area contributed by atoms with Crippen LogP contribution >= 0.6 is 0 Å². The van der Waals surface area contributed by atoms with Gasteiger partial charge < -0.3 is 52.8 Å². The largest absolute Gasteiger partial charge is 0.464 e. The number of rotatable bonds is 18. The average Bonchev–Trinajstić information content (AvgIpc) is 4.01. The van der Waals surface area contributed by atoms with Crippen LogP contribution in [0.5, 0.6) is 0 Å². The Kier molecular flexibility index (Phi) is 16.6. The van der Waals surface area contributed by atoms with E-state index in [1.54, 1.807) is 107 Å². The highest BCUT2D eigenvalue weighted by atomic mass is 28.4. The summed E-state index contributed by atoms with van der Waals surface area (Å²) in [5.41, 5.74) is -7.12. The maximum absolute atomic E-state index is 16.6. The second kappa shape index (κ2) is 22.5. The van der Waals surface area contributed by atoms with E-state index in [-0.39, 0.29) is 41.9 Å². The van der Waals surface area contributed by atoms with Crippen LogP contribution in [0.1, 0.15) is 119 Å². The highest BCUT2D eigenvalue weighted by Gasteiger charge is 2.79. The van der Waals surface area contributed by atoms with E-state index in [1.807, 2.05) is 6.92 Å². The standard InChI is InChI=1S/C57H69NO17Si/c1-8-9-27-68-43(61)32-70-76(28-19-20-29-76)75-41-30-42-56(33-69-42,74-36(4)60)48-50(73-52(65)39-25-17-12-18-26-39)57(67)31-40(34(2)44(54(57,5)6)47(71-35(3)59)49(63)55(41,48)7)72-53(66)46(62)45(37-21-13-10-14-22-37)58-51(64)38-23-15-11-16-24-38/h10-18,21-26,40-42,45-48,50,62,67H,8-9,19-20,27-33H2,1-7H3,(H,58,64)/t40-,41-,42+,45-,46+,47+,48?,50-,55+,56-,57+/m0/s1. The second-order valence-electron chi connectivity index (χ2n) is 21.4. The van der Waals surface area contributed by atoms with Crippen LogP contribution in [-0.4, -0.2) is 128 Å². The van der Waals surface area contributed by atoms with Crippen molar-refractivity contribution < 1.29 is 81.0 Å². The lowest BCUT2D eigenvalue weighted by atomic mass is 9.44. The molecule has 2 saturated heterocycles. The van der Waals surface area contributed by atoms with Gasteiger partial charge in [0, 0.05) is 37.7 Å². The fourth-order valence-electron chi connectivity index (χ4n) is 12.4. The number of fused-ring (bicyclic) bond motifs is 5. The molecule has 1 amide bonds. The summed E-state index contributed by atoms with van der Waals surface area (Å²) in [6.07, 6.45) is -7.36. The van der Waals surface area contributed by atoms with Gasteiger partial charge in [-0.1, -0.05) is 107 Å². The van der Waals surface area contributed by atoms with Gasteiger partial charge in [-0.3, -0.25) is 19.2 Å². The summed E-state index contributed by atoms with van der Waals surface area (Å²) in [5.74, 6) is -7.35. The van der Waals surface area contributed by atoms with Crippen LogP contribution in [0, 0.1) is 16.7 Å². The maximum atomic E-state index is 16.6. The molecule has 2 aliphatic heterocycles. The first-order chi connectivity index (χ1) is 36.1. The number of amides is 1. The molecule has 5 aliphatic rings. The number of Topliss-reactive ketones (excluding diaryl/α,β-unsaturated/α-hetero) is 1. The summed E-state index contributed by atoms with van der Waals surface area (Å²) in [5, 5.41) is 29.0. The van der Waals surface area contributed by atoms with Gasteiger partial charge >= 0.3 is 38.4 Å². The molecule has 11 atom stereocenters. The molecule has 19 heteroatoms. The molecule has 0 spiro atoms. The smallest absolute Gasteiger partial charge is 0.338 e. The molecule has 0 radical (unpaired) electrons. The first-order valence-corrected chi connectivity index (χ1v) is 28.3. The number of ketones is 1. The van der Waals surface area contributed by atoms with Crippen molar-refractivity contribution in [1.29, 1.82) is 0 Å². The normalized spacial score (nSPS) is 29.8. The maximum Gasteiger partial charge on any atom is 0.338 e. The Morgan fingerprint density at radius 2 is 1.46 bits per heavy atom. The van der Waals surface area contributed by atoms with E-state index in [2.05, 4.69) is 5.32 Å². The number of carbonyl (C=O) groups is 7. The Morgan fingerprint density at radius 1 is 0.842 bits per heavy atom. The fourth-order valence-corrected chi connectivity index (χ4v) is 16.0. The minimum absolute atomic E-state index is 0.0114. The third-order valence-corrected chi connectivity index (χ3v) is 20.0. The van der Waals surface area contributed by atoms with Crippen molar-refractivity contribution in [3.63, 3.8) is 0 Å². The number of hydrogen-bond donors (Lipinski definition) is 3. The third kappa shape index (κ3) is 10.5. The predicted octanol–water partition coefficient (Wildman–Crippen LogP) is 6.36. The van der Waals surface area contributed by atoms with Gasteiger partial charge in [-0.05, 0) is 73.3 Å². The summed E-state index contributed by atoms with van der Waals surface area (Å²) < 4.78 is 50.9. The van der Waals surface area contributed by atoms with Gasteiger partial charge in [0.1, 0.15) is 30.5 Å². The topological polar surface area (TPSA) is 246 Å². The summed E-state index contributed by atoms with van der Waals surface area (Å²) in [6, 6.07) is 23.9. The lowest BCUT2D eigenvalue weighted by Crippen LogP contribution is -2.82. The van der Waals surface area contributed by atoms with E-state index in [0.717, 1.165) is 13.3 Å². The molecule has 2 saturated carbocycles. The first kappa shape index (κ1) is 56.1. The van der Waals surface area contributed by atoms with E-state index < -0.39 is 134 Å². The van der Waals surface area contributed by atoms with Crippen molar-refractivity contribution in [2.24, 2.45) is 16.7 Å². The van der Waals surface area contributed by atoms with Crippen molar-refractivity contribution in [1.82, 2.24) is 5.32 Å². The molecule has 3 aromatic carbocycles. The van der Waals surface area contributed by atoms with Crippen molar-refractivity contribution in [3.8, 4) is 0 Å². The van der Waals surface area contributed by atoms with Crippen LogP contribution in [0.2, 0.25) is 12.1 Å². The Bertz CT molecular complexity index is 2690. The number of unbranched alkanes of at least 4 members (excludes halogenated alkanes) is 1. The molecule has 2 heterocycles. The highest BCUT2D eigenvalue weighted by molar-refractivity contribution is 6.68. The summed E-state index contributed by atoms with van der Waals surface area (Å²) in [7, 11) is -3.46. The monoisotopic (exact) mass is 1070 g/mol.